The molecule has 48 heavy (non-hydrogen) atoms. The van der Waals surface area contributed by atoms with E-state index in [0.29, 0.717) is 67.2 Å². The minimum absolute atomic E-state index is 0.0144. The van der Waals surface area contributed by atoms with Crippen LogP contribution in [0, 0.1) is 11.8 Å². The average molecular weight is 681 g/mol. The fraction of sp³-hybridized carbons (Fsp3) is 0.556. The molecule has 3 aromatic rings. The minimum Gasteiger partial charge on any atom is -0.434 e. The number of anilines is 1. The van der Waals surface area contributed by atoms with E-state index in [4.69, 9.17) is 14.9 Å². The van der Waals surface area contributed by atoms with Crippen molar-refractivity contribution in [2.24, 2.45) is 17.6 Å². The number of aromatic nitrogens is 1. The molecule has 0 spiro atoms. The van der Waals surface area contributed by atoms with Crippen LogP contribution in [0.15, 0.2) is 52.9 Å². The molecule has 5 rings (SSSR count). The van der Waals surface area contributed by atoms with Gasteiger partial charge in [-0.05, 0) is 74.9 Å². The molecule has 0 unspecified atom stereocenters. The summed E-state index contributed by atoms with van der Waals surface area (Å²) in [4.78, 5) is 47.6. The number of ketones is 2. The summed E-state index contributed by atoms with van der Waals surface area (Å²) in [6.07, 6.45) is 7.84. The van der Waals surface area contributed by atoms with Gasteiger partial charge < -0.3 is 19.8 Å². The number of nitrogens with zero attached hydrogens (tertiary/aromatic N) is 2. The Morgan fingerprint density at radius 3 is 2.52 bits per heavy atom. The Balaban J connectivity index is 1.31. The van der Waals surface area contributed by atoms with Crippen LogP contribution >= 0.6 is 0 Å². The van der Waals surface area contributed by atoms with Crippen LogP contribution in [0.1, 0.15) is 87.4 Å². The normalized spacial score (nSPS) is 19.4. The number of hydrogen-bond donors (Lipinski definition) is 2. The highest BCUT2D eigenvalue weighted by Crippen LogP contribution is 2.30. The van der Waals surface area contributed by atoms with Crippen LogP contribution in [0.3, 0.4) is 0 Å². The van der Waals surface area contributed by atoms with E-state index in [0.717, 1.165) is 19.3 Å². The van der Waals surface area contributed by atoms with Gasteiger partial charge in [0.25, 0.3) is 5.89 Å². The lowest BCUT2D eigenvalue weighted by atomic mass is 9.89. The molecule has 2 heterocycles. The molecule has 3 atom stereocenters. The summed E-state index contributed by atoms with van der Waals surface area (Å²) >= 11 is 0. The minimum atomic E-state index is -3.42. The van der Waals surface area contributed by atoms with E-state index in [1.54, 1.807) is 48.2 Å². The van der Waals surface area contributed by atoms with Crippen LogP contribution in [0.2, 0.25) is 0 Å². The summed E-state index contributed by atoms with van der Waals surface area (Å²) in [5, 5.41) is 0. The number of fused-ring (bicyclic) bond motifs is 1. The molecule has 1 aliphatic carbocycles. The van der Waals surface area contributed by atoms with Gasteiger partial charge in [0.05, 0.1) is 24.3 Å². The maximum absolute atomic E-state index is 14.1. The predicted octanol–water partition coefficient (Wildman–Crippen LogP) is 5.29. The van der Waals surface area contributed by atoms with Gasteiger partial charge in [-0.1, -0.05) is 49.9 Å². The number of nitrogens with one attached hydrogen (secondary N) is 1. The van der Waals surface area contributed by atoms with E-state index in [2.05, 4.69) is 9.71 Å². The van der Waals surface area contributed by atoms with Crippen LogP contribution in [0.25, 0.3) is 11.1 Å². The van der Waals surface area contributed by atoms with Gasteiger partial charge in [-0.25, -0.2) is 13.4 Å². The summed E-state index contributed by atoms with van der Waals surface area (Å²) < 4.78 is 38.5. The molecule has 3 N–H and O–H groups in total. The topological polar surface area (TPSA) is 162 Å². The van der Waals surface area contributed by atoms with Gasteiger partial charge in [-0.2, -0.15) is 0 Å². The molecule has 11 nitrogen and oxygen atoms in total. The summed E-state index contributed by atoms with van der Waals surface area (Å²) in [6, 6.07) is 13.1. The fourth-order valence-corrected chi connectivity index (χ4v) is 7.38. The molecule has 2 fully saturated rings. The molecule has 0 radical (unpaired) electrons. The zero-order valence-electron chi connectivity index (χ0n) is 27.8. The maximum Gasteiger partial charge on any atom is 0.264 e. The third-order valence-electron chi connectivity index (χ3n) is 9.54. The van der Waals surface area contributed by atoms with Crippen molar-refractivity contribution in [1.82, 2.24) is 9.88 Å². The van der Waals surface area contributed by atoms with E-state index >= 15 is 0 Å². The molecule has 1 amide bonds. The lowest BCUT2D eigenvalue weighted by Crippen LogP contribution is -2.42. The second kappa shape index (κ2) is 16.7. The molecule has 12 heteroatoms. The van der Waals surface area contributed by atoms with Crippen molar-refractivity contribution in [3.63, 3.8) is 0 Å². The molecule has 2 aromatic carbocycles. The van der Waals surface area contributed by atoms with E-state index in [9.17, 15) is 22.8 Å². The predicted molar refractivity (Wildman–Crippen MR) is 184 cm³/mol. The van der Waals surface area contributed by atoms with Crippen LogP contribution in [0.4, 0.5) is 5.69 Å². The monoisotopic (exact) mass is 680 g/mol. The fourth-order valence-electron chi connectivity index (χ4n) is 6.74. The van der Waals surface area contributed by atoms with Gasteiger partial charge in [0.1, 0.15) is 5.52 Å². The van der Waals surface area contributed by atoms with Gasteiger partial charge in [0, 0.05) is 37.6 Å². The number of carbonyl (C=O) groups is 3. The number of carbonyl (C=O) groups excluding carboxylic acids is 3. The first-order valence-electron chi connectivity index (χ1n) is 17.3. The Morgan fingerprint density at radius 1 is 1.06 bits per heavy atom. The number of benzene rings is 2. The van der Waals surface area contributed by atoms with Gasteiger partial charge in [-0.15, -0.1) is 0 Å². The lowest BCUT2D eigenvalue weighted by molar-refractivity contribution is -0.137. The number of unbranched alkanes of at least 4 members (excludes halogenated alkanes) is 1. The first-order valence-corrected chi connectivity index (χ1v) is 18.9. The van der Waals surface area contributed by atoms with Crippen LogP contribution < -0.4 is 10.5 Å². The van der Waals surface area contributed by atoms with E-state index in [-0.39, 0.29) is 48.1 Å². The Morgan fingerprint density at radius 2 is 1.81 bits per heavy atom. The lowest BCUT2D eigenvalue weighted by Gasteiger charge is -2.25. The van der Waals surface area contributed by atoms with Gasteiger partial charge >= 0.3 is 0 Å². The van der Waals surface area contributed by atoms with E-state index < -0.39 is 22.0 Å². The highest BCUT2D eigenvalue weighted by atomic mass is 32.2. The second-order valence-corrected chi connectivity index (χ2v) is 15.1. The van der Waals surface area contributed by atoms with Crippen molar-refractivity contribution >= 4 is 44.3 Å². The number of hydrogen-bond acceptors (Lipinski definition) is 9. The second-order valence-electron chi connectivity index (χ2n) is 13.1. The smallest absolute Gasteiger partial charge is 0.264 e. The van der Waals surface area contributed by atoms with Crippen molar-refractivity contribution in [3.8, 4) is 0 Å². The number of likely N-dealkylation sites (tertiary alicyclic amines) is 1. The van der Waals surface area contributed by atoms with Gasteiger partial charge in [0.15, 0.2) is 11.4 Å². The van der Waals surface area contributed by atoms with E-state index in [1.807, 2.05) is 12.1 Å². The first-order chi connectivity index (χ1) is 23.2. The summed E-state index contributed by atoms with van der Waals surface area (Å²) in [5.74, 6) is -0.952. The quantitative estimate of drug-likeness (QED) is 0.143. The number of amides is 1. The average Bonchev–Trinajstić information content (AvgIpc) is 3.73. The number of ether oxygens (including phenoxy) is 1. The number of para-hydroxylation sites is 2. The first kappa shape index (κ1) is 35.7. The molecule has 260 valence electrons. The number of Topliss-reactive ketones (excluding diaryl/α,β-unsaturated/α-hetero) is 2. The van der Waals surface area contributed by atoms with Crippen molar-refractivity contribution in [1.29, 1.82) is 0 Å². The van der Waals surface area contributed by atoms with Gasteiger partial charge in [0.2, 0.25) is 21.7 Å². The molecule has 1 aliphatic heterocycles. The standard InChI is InChI=1S/C36H48N4O7S/c1-2-48(44,45)39-28-17-15-25(16-18-28)20-34(42)40-23-29(46-24-26-10-4-3-5-11-26)22-31(40)32(41)21-27(12-8-9-19-37)35(43)36-38-30-13-6-7-14-33(30)47-36/h6-7,13-18,26-27,29,31,39H,2-5,8-12,19-24,37H2,1H3/t27-,29-,31+/m1/s1. The van der Waals surface area contributed by atoms with E-state index in [1.165, 1.54) is 19.3 Å². The zero-order chi connectivity index (χ0) is 34.1. The molecule has 2 aliphatic rings. The molecule has 1 aromatic heterocycles. The van der Waals surface area contributed by atoms with Crippen LogP contribution in [0.5, 0.6) is 0 Å². The highest BCUT2D eigenvalue weighted by Gasteiger charge is 2.41. The van der Waals surface area contributed by atoms with Crippen LogP contribution in [-0.4, -0.2) is 73.4 Å². The molecular weight excluding hydrogens is 632 g/mol. The number of sulfonamides is 1. The zero-order valence-corrected chi connectivity index (χ0v) is 28.6. The molecular formula is C36H48N4O7S. The number of rotatable bonds is 17. The third-order valence-corrected chi connectivity index (χ3v) is 10.8. The SMILES string of the molecule is CCS(=O)(=O)Nc1ccc(CC(=O)N2C[C@H](OCC3CCCCC3)C[C@H]2C(=O)C[C@@H](CCCCN)C(=O)c2nc3ccccc3o2)cc1. The Labute approximate surface area is 283 Å². The van der Waals surface area contributed by atoms with Gasteiger partial charge in [-0.3, -0.25) is 19.1 Å². The Bertz CT molecular complexity index is 1620. The number of oxazole rings is 1. The van der Waals surface area contributed by atoms with Crippen LogP contribution in [-0.2, 0) is 30.8 Å². The summed E-state index contributed by atoms with van der Waals surface area (Å²) in [7, 11) is -3.42. The van der Waals surface area contributed by atoms with Crippen molar-refractivity contribution in [2.45, 2.75) is 89.7 Å². The summed E-state index contributed by atoms with van der Waals surface area (Å²) in [6.45, 7) is 2.95. The largest absolute Gasteiger partial charge is 0.434 e. The van der Waals surface area contributed by atoms with Crippen molar-refractivity contribution < 1.29 is 32.0 Å². The molecule has 0 bridgehead atoms. The Hall–Kier alpha value is -3.61. The maximum atomic E-state index is 14.1. The summed E-state index contributed by atoms with van der Waals surface area (Å²) in [5.41, 5.74) is 7.94. The van der Waals surface area contributed by atoms with Crippen molar-refractivity contribution in [2.75, 3.05) is 30.2 Å². The Kier molecular flexibility index (Phi) is 12.4. The highest BCUT2D eigenvalue weighted by molar-refractivity contribution is 7.92. The van der Waals surface area contributed by atoms with Crippen molar-refractivity contribution in [3.05, 3.63) is 60.0 Å². The molecule has 1 saturated heterocycles. The number of nitrogens with two attached hydrogens (primary N) is 1. The third kappa shape index (κ3) is 9.51. The molecule has 1 saturated carbocycles.